The molecule has 0 aromatic heterocycles. The average molecular weight is 139 g/mol. The zero-order chi connectivity index (χ0) is 3.41. The Morgan fingerprint density at radius 3 is 2.00 bits per heavy atom. The van der Waals surface area contributed by atoms with Gasteiger partial charge >= 0.3 is 0 Å². The van der Waals surface area contributed by atoms with Gasteiger partial charge in [-0.15, -0.1) is 0 Å². The highest BCUT2D eigenvalue weighted by atomic mass is 79.9. The SMILES string of the molecule is ClC#CBr. The van der Waals surface area contributed by atoms with E-state index in [2.05, 4.69) is 26.1 Å². The van der Waals surface area contributed by atoms with Crippen LogP contribution in [0.5, 0.6) is 0 Å². The Labute approximate surface area is 38.3 Å². The fourth-order valence-electron chi connectivity index (χ4n) is 0. The van der Waals surface area contributed by atoms with Gasteiger partial charge in [-0.25, -0.2) is 0 Å². The van der Waals surface area contributed by atoms with Crippen molar-refractivity contribution < 1.29 is 0 Å². The zero-order valence-electron chi connectivity index (χ0n) is 1.76. The third-order valence-electron chi connectivity index (χ3n) is 0.0357. The van der Waals surface area contributed by atoms with Gasteiger partial charge in [-0.1, -0.05) is 0 Å². The van der Waals surface area contributed by atoms with Crippen molar-refractivity contribution in [2.45, 2.75) is 0 Å². The fraction of sp³-hybridized carbons (Fsp3) is 0. The maximum atomic E-state index is 4.78. The van der Waals surface area contributed by atoms with Crippen molar-refractivity contribution in [2.24, 2.45) is 0 Å². The van der Waals surface area contributed by atoms with Crippen molar-refractivity contribution in [1.29, 1.82) is 0 Å². The van der Waals surface area contributed by atoms with E-state index in [-0.39, 0.29) is 0 Å². The second kappa shape index (κ2) is 3.33. The third-order valence-corrected chi connectivity index (χ3v) is 0.557. The highest BCUT2D eigenvalue weighted by molar-refractivity contribution is 9.12. The second-order valence-electron chi connectivity index (χ2n) is 0.189. The first-order valence-electron chi connectivity index (χ1n) is 0.628. The molecule has 0 aromatic carbocycles. The molecule has 0 nitrogen and oxygen atoms in total. The number of halogens is 2. The summed E-state index contributed by atoms with van der Waals surface area (Å²) in [6.45, 7) is 0. The summed E-state index contributed by atoms with van der Waals surface area (Å²) in [4.78, 5) is 2.26. The van der Waals surface area contributed by atoms with Crippen LogP contribution in [-0.4, -0.2) is 0 Å². The molecule has 0 bridgehead atoms. The Balaban J connectivity index is 2.83. The van der Waals surface area contributed by atoms with Gasteiger partial charge in [0.25, 0.3) is 0 Å². The summed E-state index contributed by atoms with van der Waals surface area (Å²) in [6, 6.07) is 0. The van der Waals surface area contributed by atoms with E-state index in [0.717, 1.165) is 0 Å². The molecule has 0 saturated heterocycles. The Bertz CT molecular complexity index is 42.8. The van der Waals surface area contributed by atoms with Crippen LogP contribution < -0.4 is 0 Å². The van der Waals surface area contributed by atoms with Crippen LogP contribution >= 0.6 is 27.5 Å². The van der Waals surface area contributed by atoms with Crippen molar-refractivity contribution >= 4 is 27.5 Å². The third kappa shape index (κ3) is 2.33. The normalized spacial score (nSPS) is 3.50. The van der Waals surface area contributed by atoms with Crippen LogP contribution in [-0.2, 0) is 0 Å². The fourth-order valence-corrected chi connectivity index (χ4v) is 0. The topological polar surface area (TPSA) is 0 Å². The Morgan fingerprint density at radius 2 is 2.00 bits per heavy atom. The van der Waals surface area contributed by atoms with E-state index < -0.39 is 0 Å². The standard InChI is InChI=1S/C2BrCl/c3-1-2-4. The molecule has 0 radical (unpaired) electrons. The van der Waals surface area contributed by atoms with Crippen molar-refractivity contribution in [2.75, 3.05) is 0 Å². The molecule has 0 aliphatic heterocycles. The second-order valence-corrected chi connectivity index (χ2v) is 0.774. The van der Waals surface area contributed by atoms with Crippen LogP contribution in [0.1, 0.15) is 0 Å². The molecule has 4 heavy (non-hydrogen) atoms. The van der Waals surface area contributed by atoms with E-state index >= 15 is 0 Å². The van der Waals surface area contributed by atoms with Gasteiger partial charge in [0.05, 0.1) is 0 Å². The lowest BCUT2D eigenvalue weighted by molar-refractivity contribution is 3.04. The van der Waals surface area contributed by atoms with Crippen molar-refractivity contribution in [3.8, 4) is 10.2 Å². The monoisotopic (exact) mass is 138 g/mol. The minimum Gasteiger partial charge on any atom is -0.0220 e. The van der Waals surface area contributed by atoms with Crippen LogP contribution in [0, 0.1) is 10.2 Å². The van der Waals surface area contributed by atoms with Crippen LogP contribution in [0.2, 0.25) is 0 Å². The molecule has 0 spiro atoms. The molecule has 0 N–H and O–H groups in total. The summed E-state index contributed by atoms with van der Waals surface area (Å²) in [6.07, 6.45) is 0. The minimum atomic E-state index is 2.07. The smallest absolute Gasteiger partial charge is 0.0167 e. The van der Waals surface area contributed by atoms with Gasteiger partial charge < -0.3 is 0 Å². The predicted molar refractivity (Wildman–Crippen MR) is 22.6 cm³/mol. The summed E-state index contributed by atoms with van der Waals surface area (Å²) in [5.74, 6) is 0. The molecule has 0 saturated carbocycles. The molecule has 0 aromatic rings. The molecule has 0 amide bonds. The number of hydrogen-bond donors (Lipinski definition) is 0. The molecular weight excluding hydrogens is 139 g/mol. The summed E-state index contributed by atoms with van der Waals surface area (Å²) >= 11 is 7.53. The molecule has 0 heterocycles. The van der Waals surface area contributed by atoms with Crippen molar-refractivity contribution in [3.05, 3.63) is 0 Å². The molecule has 0 aliphatic rings. The lowest BCUT2D eigenvalue weighted by atomic mass is 11.4. The average Bonchev–Trinajstić information content (AvgIpc) is 1.37. The summed E-state index contributed by atoms with van der Waals surface area (Å²) < 4.78 is 0. The molecule has 0 atom stereocenters. The van der Waals surface area contributed by atoms with Gasteiger partial charge in [0, 0.05) is 21.3 Å². The van der Waals surface area contributed by atoms with E-state index in [9.17, 15) is 0 Å². The van der Waals surface area contributed by atoms with E-state index in [1.165, 1.54) is 0 Å². The number of rotatable bonds is 0. The molecule has 22 valence electrons. The van der Waals surface area contributed by atoms with Gasteiger partial charge in [0.1, 0.15) is 0 Å². The van der Waals surface area contributed by atoms with Gasteiger partial charge in [-0.3, -0.25) is 0 Å². The van der Waals surface area contributed by atoms with Crippen LogP contribution in [0.4, 0.5) is 0 Å². The van der Waals surface area contributed by atoms with E-state index in [4.69, 9.17) is 11.6 Å². The van der Waals surface area contributed by atoms with Gasteiger partial charge in [0.15, 0.2) is 0 Å². The van der Waals surface area contributed by atoms with E-state index in [0.29, 0.717) is 0 Å². The van der Waals surface area contributed by atoms with E-state index in [1.807, 2.05) is 0 Å². The molecule has 0 rings (SSSR count). The highest BCUT2D eigenvalue weighted by Crippen LogP contribution is 1.69. The van der Waals surface area contributed by atoms with Gasteiger partial charge in [-0.2, -0.15) is 0 Å². The van der Waals surface area contributed by atoms with Gasteiger partial charge in [-0.05, 0) is 16.4 Å². The Hall–Kier alpha value is 0.330. The highest BCUT2D eigenvalue weighted by Gasteiger charge is 1.33. The molecule has 0 aliphatic carbocycles. The molecular formula is C2BrCl. The first kappa shape index (κ1) is 4.33. The van der Waals surface area contributed by atoms with Crippen LogP contribution in [0.25, 0.3) is 0 Å². The lowest BCUT2D eigenvalue weighted by Crippen LogP contribution is -1.11. The van der Waals surface area contributed by atoms with Crippen molar-refractivity contribution in [3.63, 3.8) is 0 Å². The quantitative estimate of drug-likeness (QED) is 0.447. The van der Waals surface area contributed by atoms with Gasteiger partial charge in [0.2, 0.25) is 0 Å². The van der Waals surface area contributed by atoms with Crippen molar-refractivity contribution in [1.82, 2.24) is 0 Å². The molecule has 2 heteroatoms. The largest absolute Gasteiger partial charge is 0.0220 e. The van der Waals surface area contributed by atoms with Crippen LogP contribution in [0.3, 0.4) is 0 Å². The summed E-state index contributed by atoms with van der Waals surface area (Å²) in [7, 11) is 0. The number of hydrogen-bond acceptors (Lipinski definition) is 0. The maximum absolute atomic E-state index is 4.78. The maximum Gasteiger partial charge on any atom is 0.0167 e. The predicted octanol–water partition coefficient (Wildman–Crippen LogP) is 1.54. The minimum absolute atomic E-state index is 2.07. The summed E-state index contributed by atoms with van der Waals surface area (Å²) in [5, 5.41) is 2.07. The lowest BCUT2D eigenvalue weighted by Gasteiger charge is -1.33. The summed E-state index contributed by atoms with van der Waals surface area (Å²) in [5.41, 5.74) is 0. The molecule has 0 fully saturated rings. The Morgan fingerprint density at radius 1 is 1.75 bits per heavy atom. The first-order valence-corrected chi connectivity index (χ1v) is 1.80. The van der Waals surface area contributed by atoms with Crippen LogP contribution in [0.15, 0.2) is 0 Å². The molecule has 0 unspecified atom stereocenters. The first-order chi connectivity index (χ1) is 1.91. The van der Waals surface area contributed by atoms with E-state index in [1.54, 1.807) is 0 Å². The zero-order valence-corrected chi connectivity index (χ0v) is 4.10. The Kier molecular flexibility index (Phi) is 3.60.